The average molecular weight is 300 g/mol. The van der Waals surface area contributed by atoms with Crippen LogP contribution in [0, 0.1) is 25.5 Å². The molecule has 0 saturated heterocycles. The van der Waals surface area contributed by atoms with Crippen molar-refractivity contribution in [1.82, 2.24) is 14.8 Å². The lowest BCUT2D eigenvalue weighted by Crippen LogP contribution is -2.07. The molecule has 0 bridgehead atoms. The van der Waals surface area contributed by atoms with Crippen LogP contribution in [0.5, 0.6) is 0 Å². The molecule has 0 unspecified atom stereocenters. The highest BCUT2D eigenvalue weighted by Gasteiger charge is 2.15. The number of aromatic nitrogens is 3. The number of aryl methyl sites for hydroxylation is 2. The van der Waals surface area contributed by atoms with Crippen molar-refractivity contribution in [1.29, 1.82) is 0 Å². The molecular weight excluding hydrogens is 286 g/mol. The minimum Gasteiger partial charge on any atom is -0.338 e. The van der Waals surface area contributed by atoms with Crippen LogP contribution in [0.3, 0.4) is 0 Å². The van der Waals surface area contributed by atoms with Crippen molar-refractivity contribution in [2.24, 2.45) is 0 Å². The summed E-state index contributed by atoms with van der Waals surface area (Å²) in [5, 5.41) is 7.02. The van der Waals surface area contributed by atoms with E-state index in [1.54, 1.807) is 24.3 Å². The first-order valence-electron chi connectivity index (χ1n) is 6.76. The standard InChI is InChI=1S/C16H14F2N4/c1-10-8-11(2)22(21-10)14-9-13(17)15(18)16(20-14)19-12-6-4-3-5-7-12/h3-9H,1-2H3,(H,19,20). The second kappa shape index (κ2) is 5.55. The number of nitrogens with zero attached hydrogens (tertiary/aromatic N) is 3. The van der Waals surface area contributed by atoms with Crippen LogP contribution in [0.2, 0.25) is 0 Å². The lowest BCUT2D eigenvalue weighted by Gasteiger charge is -2.10. The number of halogens is 2. The van der Waals surface area contributed by atoms with E-state index in [0.29, 0.717) is 5.69 Å². The van der Waals surface area contributed by atoms with E-state index < -0.39 is 11.6 Å². The van der Waals surface area contributed by atoms with Gasteiger partial charge in [0.05, 0.1) is 5.69 Å². The first-order chi connectivity index (χ1) is 10.5. The molecule has 1 aromatic carbocycles. The van der Waals surface area contributed by atoms with Gasteiger partial charge in [0.15, 0.2) is 17.5 Å². The Morgan fingerprint density at radius 1 is 1.05 bits per heavy atom. The molecule has 4 nitrogen and oxygen atoms in total. The fraction of sp³-hybridized carbons (Fsp3) is 0.125. The number of pyridine rings is 1. The van der Waals surface area contributed by atoms with Crippen molar-refractivity contribution in [2.45, 2.75) is 13.8 Å². The third-order valence-electron chi connectivity index (χ3n) is 3.16. The molecule has 3 aromatic rings. The zero-order valence-corrected chi connectivity index (χ0v) is 12.1. The number of rotatable bonds is 3. The Balaban J connectivity index is 2.05. The van der Waals surface area contributed by atoms with E-state index in [-0.39, 0.29) is 11.6 Å². The molecule has 0 fully saturated rings. The van der Waals surface area contributed by atoms with Gasteiger partial charge in [-0.3, -0.25) is 0 Å². The molecule has 112 valence electrons. The molecular formula is C16H14F2N4. The van der Waals surface area contributed by atoms with Crippen molar-refractivity contribution < 1.29 is 8.78 Å². The lowest BCUT2D eigenvalue weighted by molar-refractivity contribution is 0.505. The Labute approximate surface area is 126 Å². The number of hydrogen-bond acceptors (Lipinski definition) is 3. The zero-order valence-electron chi connectivity index (χ0n) is 12.1. The molecule has 0 aliphatic rings. The largest absolute Gasteiger partial charge is 0.338 e. The van der Waals surface area contributed by atoms with Crippen molar-refractivity contribution in [3.63, 3.8) is 0 Å². The number of hydrogen-bond donors (Lipinski definition) is 1. The van der Waals surface area contributed by atoms with Crippen LogP contribution in [0.15, 0.2) is 42.5 Å². The molecule has 2 aromatic heterocycles. The first-order valence-corrected chi connectivity index (χ1v) is 6.76. The monoisotopic (exact) mass is 300 g/mol. The van der Waals surface area contributed by atoms with Gasteiger partial charge in [-0.2, -0.15) is 9.49 Å². The average Bonchev–Trinajstić information content (AvgIpc) is 2.83. The van der Waals surface area contributed by atoms with Crippen LogP contribution in [-0.2, 0) is 0 Å². The minimum absolute atomic E-state index is 0.172. The van der Waals surface area contributed by atoms with Crippen LogP contribution in [0.1, 0.15) is 11.4 Å². The number of para-hydroxylation sites is 1. The maximum Gasteiger partial charge on any atom is 0.201 e. The zero-order chi connectivity index (χ0) is 15.7. The first kappa shape index (κ1) is 14.2. The van der Waals surface area contributed by atoms with Gasteiger partial charge in [-0.25, -0.2) is 14.1 Å². The second-order valence-corrected chi connectivity index (χ2v) is 4.95. The fourth-order valence-electron chi connectivity index (χ4n) is 2.20. The van der Waals surface area contributed by atoms with Gasteiger partial charge < -0.3 is 5.32 Å². The SMILES string of the molecule is Cc1cc(C)n(-c2cc(F)c(F)c(Nc3ccccc3)n2)n1. The quantitative estimate of drug-likeness (QED) is 0.797. The van der Waals surface area contributed by atoms with Gasteiger partial charge in [-0.1, -0.05) is 18.2 Å². The van der Waals surface area contributed by atoms with E-state index >= 15 is 0 Å². The predicted octanol–water partition coefficient (Wildman–Crippen LogP) is 3.91. The van der Waals surface area contributed by atoms with E-state index in [1.807, 2.05) is 26.0 Å². The van der Waals surface area contributed by atoms with Crippen LogP contribution < -0.4 is 5.32 Å². The maximum absolute atomic E-state index is 14.0. The minimum atomic E-state index is -1.02. The summed E-state index contributed by atoms with van der Waals surface area (Å²) in [5.41, 5.74) is 2.20. The van der Waals surface area contributed by atoms with Crippen LogP contribution in [0.25, 0.3) is 5.82 Å². The molecule has 6 heteroatoms. The van der Waals surface area contributed by atoms with Crippen molar-refractivity contribution in [2.75, 3.05) is 5.32 Å². The normalized spacial score (nSPS) is 10.7. The fourth-order valence-corrected chi connectivity index (χ4v) is 2.20. The van der Waals surface area contributed by atoms with Gasteiger partial charge in [0.2, 0.25) is 5.82 Å². The molecule has 0 saturated carbocycles. The van der Waals surface area contributed by atoms with E-state index in [4.69, 9.17) is 0 Å². The van der Waals surface area contributed by atoms with Crippen molar-refractivity contribution in [3.05, 3.63) is 65.5 Å². The maximum atomic E-state index is 14.0. The van der Waals surface area contributed by atoms with Crippen LogP contribution in [-0.4, -0.2) is 14.8 Å². The van der Waals surface area contributed by atoms with Gasteiger partial charge in [-0.05, 0) is 32.0 Å². The third kappa shape index (κ3) is 2.67. The van der Waals surface area contributed by atoms with Crippen LogP contribution >= 0.6 is 0 Å². The Kier molecular flexibility index (Phi) is 3.58. The number of nitrogens with one attached hydrogen (secondary N) is 1. The van der Waals surface area contributed by atoms with Gasteiger partial charge in [0, 0.05) is 17.4 Å². The molecule has 22 heavy (non-hydrogen) atoms. The molecule has 3 rings (SSSR count). The number of anilines is 2. The summed E-state index contributed by atoms with van der Waals surface area (Å²) in [7, 11) is 0. The second-order valence-electron chi connectivity index (χ2n) is 4.95. The summed E-state index contributed by atoms with van der Waals surface area (Å²) in [6.45, 7) is 3.65. The molecule has 1 N–H and O–H groups in total. The van der Waals surface area contributed by atoms with Gasteiger partial charge >= 0.3 is 0 Å². The summed E-state index contributed by atoms with van der Waals surface area (Å²) in [5.74, 6) is -1.94. The summed E-state index contributed by atoms with van der Waals surface area (Å²) in [6.07, 6.45) is 0. The lowest BCUT2D eigenvalue weighted by atomic mass is 10.3. The van der Waals surface area contributed by atoms with E-state index in [0.717, 1.165) is 17.5 Å². The van der Waals surface area contributed by atoms with Gasteiger partial charge in [-0.15, -0.1) is 0 Å². The molecule has 0 spiro atoms. The highest BCUT2D eigenvalue weighted by Crippen LogP contribution is 2.22. The summed E-state index contributed by atoms with van der Waals surface area (Å²) >= 11 is 0. The predicted molar refractivity (Wildman–Crippen MR) is 80.5 cm³/mol. The molecule has 0 amide bonds. The highest BCUT2D eigenvalue weighted by molar-refractivity contribution is 5.57. The van der Waals surface area contributed by atoms with Gasteiger partial charge in [0.1, 0.15) is 0 Å². The number of benzene rings is 1. The summed E-state index contributed by atoms with van der Waals surface area (Å²) in [6, 6.07) is 11.8. The Morgan fingerprint density at radius 2 is 1.77 bits per heavy atom. The molecule has 2 heterocycles. The topological polar surface area (TPSA) is 42.7 Å². The van der Waals surface area contributed by atoms with E-state index in [9.17, 15) is 8.78 Å². The van der Waals surface area contributed by atoms with E-state index in [2.05, 4.69) is 15.4 Å². The summed E-state index contributed by atoms with van der Waals surface area (Å²) in [4.78, 5) is 4.15. The van der Waals surface area contributed by atoms with E-state index in [1.165, 1.54) is 4.68 Å². The smallest absolute Gasteiger partial charge is 0.201 e. The molecule has 0 radical (unpaired) electrons. The van der Waals surface area contributed by atoms with Crippen molar-refractivity contribution >= 4 is 11.5 Å². The molecule has 0 atom stereocenters. The molecule has 0 aliphatic carbocycles. The highest BCUT2D eigenvalue weighted by atomic mass is 19.2. The van der Waals surface area contributed by atoms with Gasteiger partial charge in [0.25, 0.3) is 0 Å². The Bertz CT molecular complexity index is 813. The van der Waals surface area contributed by atoms with Crippen molar-refractivity contribution in [3.8, 4) is 5.82 Å². The Morgan fingerprint density at radius 3 is 2.41 bits per heavy atom. The molecule has 0 aliphatic heterocycles. The summed E-state index contributed by atoms with van der Waals surface area (Å²) < 4.78 is 29.3. The Hall–Kier alpha value is -2.76. The third-order valence-corrected chi connectivity index (χ3v) is 3.16. The van der Waals surface area contributed by atoms with Crippen LogP contribution in [0.4, 0.5) is 20.3 Å².